The molecule has 1 amide bonds. The number of fused-ring (bicyclic) bond motifs is 2. The minimum atomic E-state index is -0.222. The highest BCUT2D eigenvalue weighted by molar-refractivity contribution is 5.98. The quantitative estimate of drug-likeness (QED) is 0.782. The van der Waals surface area contributed by atoms with E-state index in [1.54, 1.807) is 29.9 Å². The van der Waals surface area contributed by atoms with Crippen molar-refractivity contribution in [2.45, 2.75) is 25.9 Å². The first-order valence-electron chi connectivity index (χ1n) is 8.43. The molecule has 7 heteroatoms. The van der Waals surface area contributed by atoms with Crippen LogP contribution in [0.4, 0.5) is 0 Å². The fourth-order valence-electron chi connectivity index (χ4n) is 3.30. The smallest absolute Gasteiger partial charge is 0.268 e. The van der Waals surface area contributed by atoms with Crippen molar-refractivity contribution < 1.29 is 9.53 Å². The average molecular weight is 340 g/mol. The minimum Gasteiger partial charge on any atom is -0.376 e. The number of hydrogen-bond acceptors (Lipinski definition) is 4. The lowest BCUT2D eigenvalue weighted by Crippen LogP contribution is -2.32. The van der Waals surface area contributed by atoms with Gasteiger partial charge in [-0.1, -0.05) is 6.07 Å². The lowest BCUT2D eigenvalue weighted by atomic mass is 10.2. The fourth-order valence-corrected chi connectivity index (χ4v) is 3.30. The predicted octanol–water partition coefficient (Wildman–Crippen LogP) is 1.40. The molecule has 0 aliphatic carbocycles. The van der Waals surface area contributed by atoms with E-state index in [2.05, 4.69) is 10.3 Å². The summed E-state index contributed by atoms with van der Waals surface area (Å²) in [5.74, 6) is -0.222. The molecule has 1 N–H and O–H groups in total. The molecule has 0 spiro atoms. The molecule has 1 saturated heterocycles. The number of aryl methyl sites for hydroxylation is 2. The molecule has 4 rings (SSSR count). The summed E-state index contributed by atoms with van der Waals surface area (Å²) in [5, 5.41) is 3.33. The Morgan fingerprint density at radius 3 is 3.04 bits per heavy atom. The summed E-state index contributed by atoms with van der Waals surface area (Å²) >= 11 is 0. The first-order valence-corrected chi connectivity index (χ1v) is 8.43. The number of nitrogens with zero attached hydrogens (tertiary/aromatic N) is 3. The Hall–Kier alpha value is -2.67. The third kappa shape index (κ3) is 2.70. The molecule has 0 saturated carbocycles. The van der Waals surface area contributed by atoms with Crippen LogP contribution in [0.5, 0.6) is 0 Å². The maximum absolute atomic E-state index is 12.8. The molecule has 1 fully saturated rings. The molecule has 130 valence electrons. The second-order valence-electron chi connectivity index (χ2n) is 6.52. The Morgan fingerprint density at radius 1 is 1.44 bits per heavy atom. The standard InChI is InChI=1S/C18H20N4O3/c1-11-5-6-15-20-16-13(18(24)22(15)10-11)8-14(21(16)2)17(23)19-9-12-4-3-7-25-12/h5-6,8,10,12H,3-4,7,9H2,1-2H3,(H,19,23)/t12-/m0/s1. The number of carbonyl (C=O) groups excluding carboxylic acids is 1. The lowest BCUT2D eigenvalue weighted by molar-refractivity contribution is 0.0851. The second-order valence-corrected chi connectivity index (χ2v) is 6.52. The van der Waals surface area contributed by atoms with E-state index in [1.165, 1.54) is 4.40 Å². The van der Waals surface area contributed by atoms with E-state index in [-0.39, 0.29) is 17.6 Å². The molecule has 3 aromatic rings. The van der Waals surface area contributed by atoms with Crippen LogP contribution in [0.3, 0.4) is 0 Å². The Kier molecular flexibility index (Phi) is 3.80. The highest BCUT2D eigenvalue weighted by Crippen LogP contribution is 2.16. The van der Waals surface area contributed by atoms with E-state index in [9.17, 15) is 9.59 Å². The van der Waals surface area contributed by atoms with Crippen molar-refractivity contribution in [3.05, 3.63) is 46.0 Å². The molecule has 1 atom stereocenters. The molecular formula is C18H20N4O3. The van der Waals surface area contributed by atoms with Crippen LogP contribution in [-0.2, 0) is 11.8 Å². The van der Waals surface area contributed by atoms with E-state index in [4.69, 9.17) is 4.74 Å². The third-order valence-corrected chi connectivity index (χ3v) is 4.69. The summed E-state index contributed by atoms with van der Waals surface area (Å²) in [5.41, 5.74) is 2.30. The number of aromatic nitrogens is 3. The van der Waals surface area contributed by atoms with Crippen LogP contribution < -0.4 is 10.9 Å². The Labute approximate surface area is 144 Å². The molecule has 25 heavy (non-hydrogen) atoms. The lowest BCUT2D eigenvalue weighted by Gasteiger charge is -2.11. The molecule has 4 heterocycles. The Bertz CT molecular complexity index is 1030. The largest absolute Gasteiger partial charge is 0.376 e. The maximum atomic E-state index is 12.8. The van der Waals surface area contributed by atoms with Gasteiger partial charge in [0.2, 0.25) is 0 Å². The van der Waals surface area contributed by atoms with Gasteiger partial charge in [0.05, 0.1) is 11.5 Å². The van der Waals surface area contributed by atoms with Crippen LogP contribution in [0, 0.1) is 6.92 Å². The predicted molar refractivity (Wildman–Crippen MR) is 94.0 cm³/mol. The van der Waals surface area contributed by atoms with Crippen LogP contribution in [0.25, 0.3) is 16.7 Å². The van der Waals surface area contributed by atoms with Crippen LogP contribution in [0.1, 0.15) is 28.9 Å². The molecule has 0 radical (unpaired) electrons. The number of amides is 1. The maximum Gasteiger partial charge on any atom is 0.268 e. The van der Waals surface area contributed by atoms with Crippen molar-refractivity contribution in [2.24, 2.45) is 7.05 Å². The van der Waals surface area contributed by atoms with E-state index < -0.39 is 0 Å². The van der Waals surface area contributed by atoms with E-state index in [0.717, 1.165) is 25.0 Å². The van der Waals surface area contributed by atoms with Gasteiger partial charge in [0.1, 0.15) is 17.0 Å². The van der Waals surface area contributed by atoms with Gasteiger partial charge in [-0.25, -0.2) is 4.98 Å². The highest BCUT2D eigenvalue weighted by Gasteiger charge is 2.20. The second kappa shape index (κ2) is 6.00. The van der Waals surface area contributed by atoms with Crippen molar-refractivity contribution in [1.29, 1.82) is 0 Å². The minimum absolute atomic E-state index is 0.0768. The summed E-state index contributed by atoms with van der Waals surface area (Å²) in [6, 6.07) is 5.33. The summed E-state index contributed by atoms with van der Waals surface area (Å²) in [6.45, 7) is 3.15. The van der Waals surface area contributed by atoms with Gasteiger partial charge in [-0.05, 0) is 37.5 Å². The summed E-state index contributed by atoms with van der Waals surface area (Å²) in [7, 11) is 1.75. The van der Waals surface area contributed by atoms with Gasteiger partial charge in [-0.15, -0.1) is 0 Å². The van der Waals surface area contributed by atoms with Gasteiger partial charge < -0.3 is 14.6 Å². The third-order valence-electron chi connectivity index (χ3n) is 4.69. The van der Waals surface area contributed by atoms with Gasteiger partial charge in [0.15, 0.2) is 0 Å². The van der Waals surface area contributed by atoms with Gasteiger partial charge in [-0.3, -0.25) is 14.0 Å². The van der Waals surface area contributed by atoms with Crippen LogP contribution in [0.2, 0.25) is 0 Å². The zero-order chi connectivity index (χ0) is 17.6. The van der Waals surface area contributed by atoms with Crippen molar-refractivity contribution in [1.82, 2.24) is 19.3 Å². The molecule has 0 unspecified atom stereocenters. The number of carbonyl (C=O) groups is 1. The van der Waals surface area contributed by atoms with Crippen molar-refractivity contribution in [3.8, 4) is 0 Å². The summed E-state index contributed by atoms with van der Waals surface area (Å²) < 4.78 is 8.71. The zero-order valence-corrected chi connectivity index (χ0v) is 14.3. The van der Waals surface area contributed by atoms with Gasteiger partial charge in [0, 0.05) is 26.4 Å². The highest BCUT2D eigenvalue weighted by atomic mass is 16.5. The average Bonchev–Trinajstić information content (AvgIpc) is 3.22. The zero-order valence-electron chi connectivity index (χ0n) is 14.3. The number of rotatable bonds is 3. The molecule has 0 bridgehead atoms. The molecule has 1 aliphatic heterocycles. The van der Waals surface area contributed by atoms with Crippen molar-refractivity contribution >= 4 is 22.6 Å². The fraction of sp³-hybridized carbons (Fsp3) is 0.389. The van der Waals surface area contributed by atoms with Gasteiger partial charge in [-0.2, -0.15) is 0 Å². The van der Waals surface area contributed by atoms with Crippen LogP contribution >= 0.6 is 0 Å². The molecule has 7 nitrogen and oxygen atoms in total. The van der Waals surface area contributed by atoms with Crippen molar-refractivity contribution in [2.75, 3.05) is 13.2 Å². The summed E-state index contributed by atoms with van der Waals surface area (Å²) in [4.78, 5) is 29.8. The molecule has 1 aliphatic rings. The Balaban J connectivity index is 1.73. The SMILES string of the molecule is Cc1ccc2nc3c(cc(C(=O)NC[C@@H]4CCCO4)n3C)c(=O)n2c1. The monoisotopic (exact) mass is 340 g/mol. The number of ether oxygens (including phenoxy) is 1. The first-order chi connectivity index (χ1) is 12.0. The van der Waals surface area contributed by atoms with Crippen LogP contribution in [-0.4, -0.2) is 39.1 Å². The summed E-state index contributed by atoms with van der Waals surface area (Å²) in [6.07, 6.45) is 3.83. The van der Waals surface area contributed by atoms with Gasteiger partial charge in [0.25, 0.3) is 11.5 Å². The molecular weight excluding hydrogens is 320 g/mol. The number of nitrogens with one attached hydrogen (secondary N) is 1. The number of pyridine rings is 1. The van der Waals surface area contributed by atoms with Gasteiger partial charge >= 0.3 is 0 Å². The normalized spacial score (nSPS) is 17.4. The van der Waals surface area contributed by atoms with Crippen LogP contribution in [0.15, 0.2) is 29.2 Å². The number of hydrogen-bond donors (Lipinski definition) is 1. The Morgan fingerprint density at radius 2 is 2.28 bits per heavy atom. The topological polar surface area (TPSA) is 77.6 Å². The first kappa shape index (κ1) is 15.8. The van der Waals surface area contributed by atoms with E-state index in [1.807, 2.05) is 13.0 Å². The van der Waals surface area contributed by atoms with Crippen molar-refractivity contribution in [3.63, 3.8) is 0 Å². The molecule has 0 aromatic carbocycles. The molecule has 3 aromatic heterocycles. The van der Waals surface area contributed by atoms with E-state index >= 15 is 0 Å². The van der Waals surface area contributed by atoms with E-state index in [0.29, 0.717) is 28.9 Å².